The van der Waals surface area contributed by atoms with Gasteiger partial charge in [0.2, 0.25) is 0 Å². The molecule has 1 N–H and O–H groups in total. The molecule has 3 nitrogen and oxygen atoms in total. The molecule has 2 aliphatic heterocycles. The molecule has 0 aromatic rings. The third-order valence-corrected chi connectivity index (χ3v) is 3.17. The molecule has 2 saturated heterocycles. The quantitative estimate of drug-likeness (QED) is 0.687. The number of likely N-dealkylation sites (tertiary alicyclic amines) is 1. The van der Waals surface area contributed by atoms with Crippen molar-refractivity contribution in [3.05, 3.63) is 0 Å². The maximum atomic E-state index is 10.6. The molecule has 0 radical (unpaired) electrons. The van der Waals surface area contributed by atoms with Crippen LogP contribution in [-0.2, 0) is 4.79 Å². The van der Waals surface area contributed by atoms with Crippen molar-refractivity contribution in [3.63, 3.8) is 0 Å². The highest BCUT2D eigenvalue weighted by molar-refractivity contribution is 5.79. The van der Waals surface area contributed by atoms with Gasteiger partial charge in [0.25, 0.3) is 0 Å². The molecule has 3 heteroatoms. The monoisotopic (exact) mass is 228 g/mol. The smallest absolute Gasteiger partial charge is 0.135 e. The fourth-order valence-corrected chi connectivity index (χ4v) is 1.83. The molecule has 2 aliphatic rings. The van der Waals surface area contributed by atoms with E-state index in [9.17, 15) is 4.79 Å². The van der Waals surface area contributed by atoms with Crippen LogP contribution < -0.4 is 5.32 Å². The van der Waals surface area contributed by atoms with Crippen LogP contribution in [0.25, 0.3) is 0 Å². The highest BCUT2D eigenvalue weighted by Gasteiger charge is 2.11. The molecule has 2 heterocycles. The van der Waals surface area contributed by atoms with Crippen LogP contribution in [0.15, 0.2) is 0 Å². The van der Waals surface area contributed by atoms with E-state index in [1.165, 1.54) is 25.9 Å². The van der Waals surface area contributed by atoms with Crippen LogP contribution in [0.3, 0.4) is 0 Å². The van der Waals surface area contributed by atoms with E-state index in [0.29, 0.717) is 5.78 Å². The Balaban J connectivity index is 0.000000267. The maximum absolute atomic E-state index is 10.6. The van der Waals surface area contributed by atoms with Crippen LogP contribution in [0.5, 0.6) is 0 Å². The molecule has 16 heavy (non-hydrogen) atoms. The maximum Gasteiger partial charge on any atom is 0.135 e. The molecular formula is C13H28N2O. The third-order valence-electron chi connectivity index (χ3n) is 3.17. The zero-order valence-corrected chi connectivity index (χ0v) is 10.1. The molecule has 0 bridgehead atoms. The van der Waals surface area contributed by atoms with Crippen molar-refractivity contribution >= 4 is 5.78 Å². The Morgan fingerprint density at radius 2 is 1.69 bits per heavy atom. The summed E-state index contributed by atoms with van der Waals surface area (Å²) < 4.78 is 0. The van der Waals surface area contributed by atoms with Crippen molar-refractivity contribution in [2.24, 2.45) is 5.92 Å². The topological polar surface area (TPSA) is 32.3 Å². The van der Waals surface area contributed by atoms with Crippen molar-refractivity contribution < 1.29 is 4.79 Å². The van der Waals surface area contributed by atoms with E-state index in [1.807, 2.05) is 7.05 Å². The van der Waals surface area contributed by atoms with E-state index in [0.717, 1.165) is 31.8 Å². The minimum atomic E-state index is 0. The molecule has 0 amide bonds. The van der Waals surface area contributed by atoms with Gasteiger partial charge in [0.05, 0.1) is 0 Å². The summed E-state index contributed by atoms with van der Waals surface area (Å²) in [6.45, 7) is 6.71. The summed E-state index contributed by atoms with van der Waals surface area (Å²) >= 11 is 0. The van der Waals surface area contributed by atoms with Gasteiger partial charge in [0.1, 0.15) is 5.78 Å². The van der Waals surface area contributed by atoms with Gasteiger partial charge in [-0.25, -0.2) is 0 Å². The van der Waals surface area contributed by atoms with Gasteiger partial charge < -0.3 is 10.2 Å². The number of rotatable bonds is 0. The molecule has 0 spiro atoms. The lowest BCUT2D eigenvalue weighted by molar-refractivity contribution is -0.121. The average Bonchev–Trinajstić information content (AvgIpc) is 2.25. The molecule has 0 atom stereocenters. The molecular weight excluding hydrogens is 200 g/mol. The predicted molar refractivity (Wildman–Crippen MR) is 69.7 cm³/mol. The number of ketones is 1. The molecule has 0 aromatic carbocycles. The van der Waals surface area contributed by atoms with Gasteiger partial charge in [0.15, 0.2) is 0 Å². The number of nitrogens with one attached hydrogen (secondary N) is 1. The molecule has 0 unspecified atom stereocenters. The van der Waals surface area contributed by atoms with Crippen LogP contribution >= 0.6 is 0 Å². The van der Waals surface area contributed by atoms with E-state index in [2.05, 4.69) is 17.1 Å². The Labute approximate surface area is 101 Å². The second-order valence-electron chi connectivity index (χ2n) is 4.77. The van der Waals surface area contributed by atoms with Gasteiger partial charge in [-0.3, -0.25) is 4.79 Å². The van der Waals surface area contributed by atoms with E-state index in [-0.39, 0.29) is 7.43 Å². The molecule has 0 aromatic heterocycles. The Morgan fingerprint density at radius 1 is 1.19 bits per heavy atom. The first-order valence-electron chi connectivity index (χ1n) is 6.09. The van der Waals surface area contributed by atoms with Gasteiger partial charge in [-0.05, 0) is 38.9 Å². The summed E-state index contributed by atoms with van der Waals surface area (Å²) in [6.07, 6.45) is 4.27. The lowest BCUT2D eigenvalue weighted by Crippen LogP contribution is -2.29. The second-order valence-corrected chi connectivity index (χ2v) is 4.77. The van der Waals surface area contributed by atoms with Gasteiger partial charge in [-0.2, -0.15) is 0 Å². The minimum Gasteiger partial charge on any atom is -0.317 e. The van der Waals surface area contributed by atoms with E-state index in [1.54, 1.807) is 0 Å². The normalized spacial score (nSPS) is 23.0. The van der Waals surface area contributed by atoms with Crippen LogP contribution in [0.4, 0.5) is 0 Å². The van der Waals surface area contributed by atoms with Crippen LogP contribution in [0, 0.1) is 5.92 Å². The fourth-order valence-electron chi connectivity index (χ4n) is 1.83. The summed E-state index contributed by atoms with van der Waals surface area (Å²) in [4.78, 5) is 12.8. The number of nitrogens with zero attached hydrogens (tertiary/aromatic N) is 1. The molecule has 0 saturated carbocycles. The summed E-state index contributed by atoms with van der Waals surface area (Å²) in [5, 5.41) is 3.32. The number of hydrogen-bond acceptors (Lipinski definition) is 3. The zero-order chi connectivity index (χ0) is 11.1. The number of carbonyl (C=O) groups is 1. The summed E-state index contributed by atoms with van der Waals surface area (Å²) in [5.74, 6) is 1.39. The van der Waals surface area contributed by atoms with Crippen molar-refractivity contribution in [1.82, 2.24) is 10.2 Å². The van der Waals surface area contributed by atoms with Gasteiger partial charge in [0, 0.05) is 25.9 Å². The number of piperidine rings is 2. The fraction of sp³-hybridized carbons (Fsp3) is 0.923. The molecule has 0 aliphatic carbocycles. The second kappa shape index (κ2) is 8.71. The SMILES string of the molecule is C.CC1CCNCC1.CN1CCC(=O)CC1. The highest BCUT2D eigenvalue weighted by Crippen LogP contribution is 2.08. The minimum absolute atomic E-state index is 0. The lowest BCUT2D eigenvalue weighted by Gasteiger charge is -2.19. The summed E-state index contributed by atoms with van der Waals surface area (Å²) in [5.41, 5.74) is 0. The molecule has 2 fully saturated rings. The van der Waals surface area contributed by atoms with Crippen molar-refractivity contribution in [3.8, 4) is 0 Å². The molecule has 96 valence electrons. The first-order valence-corrected chi connectivity index (χ1v) is 6.09. The van der Waals surface area contributed by atoms with E-state index in [4.69, 9.17) is 0 Å². The Morgan fingerprint density at radius 3 is 2.00 bits per heavy atom. The first-order chi connectivity index (χ1) is 7.18. The number of carbonyl (C=O) groups excluding carboxylic acids is 1. The van der Waals surface area contributed by atoms with Gasteiger partial charge in [-0.1, -0.05) is 14.4 Å². The Bertz CT molecular complexity index is 178. The standard InChI is InChI=1S/C6H11NO.C6H13N.CH4/c1-7-4-2-6(8)3-5-7;1-6-2-4-7-5-3-6;/h2-5H2,1H3;6-7H,2-5H2,1H3;1H4. The third kappa shape index (κ3) is 6.96. The van der Waals surface area contributed by atoms with Crippen LogP contribution in [0.2, 0.25) is 0 Å². The number of Topliss-reactive ketones (excluding diaryl/α,β-unsaturated/α-hetero) is 1. The predicted octanol–water partition coefficient (Wildman–Crippen LogP) is 1.92. The van der Waals surface area contributed by atoms with Gasteiger partial charge >= 0.3 is 0 Å². The highest BCUT2D eigenvalue weighted by atomic mass is 16.1. The van der Waals surface area contributed by atoms with E-state index < -0.39 is 0 Å². The van der Waals surface area contributed by atoms with Crippen LogP contribution in [-0.4, -0.2) is 43.9 Å². The summed E-state index contributed by atoms with van der Waals surface area (Å²) in [7, 11) is 2.05. The Hall–Kier alpha value is -0.410. The van der Waals surface area contributed by atoms with Gasteiger partial charge in [-0.15, -0.1) is 0 Å². The van der Waals surface area contributed by atoms with Crippen LogP contribution in [0.1, 0.15) is 40.0 Å². The molecule has 2 rings (SSSR count). The average molecular weight is 228 g/mol. The summed E-state index contributed by atoms with van der Waals surface area (Å²) in [6, 6.07) is 0. The van der Waals surface area contributed by atoms with Crippen molar-refractivity contribution in [2.75, 3.05) is 33.2 Å². The van der Waals surface area contributed by atoms with E-state index >= 15 is 0 Å². The van der Waals surface area contributed by atoms with Crippen molar-refractivity contribution in [2.45, 2.75) is 40.0 Å². The largest absolute Gasteiger partial charge is 0.317 e. The zero-order valence-electron chi connectivity index (χ0n) is 10.1. The number of hydrogen-bond donors (Lipinski definition) is 1. The van der Waals surface area contributed by atoms with Crippen molar-refractivity contribution in [1.29, 1.82) is 0 Å². The first kappa shape index (κ1) is 15.6. The lowest BCUT2D eigenvalue weighted by atomic mass is 10.0. The Kier molecular flexibility index (Phi) is 8.49.